The van der Waals surface area contributed by atoms with E-state index >= 15 is 0 Å². The smallest absolute Gasteiger partial charge is 0.303 e. The van der Waals surface area contributed by atoms with Gasteiger partial charge in [-0.3, -0.25) is 4.79 Å². The van der Waals surface area contributed by atoms with Crippen LogP contribution in [0.2, 0.25) is 0 Å². The maximum Gasteiger partial charge on any atom is 0.303 e. The van der Waals surface area contributed by atoms with Gasteiger partial charge < -0.3 is 14.7 Å². The van der Waals surface area contributed by atoms with Crippen molar-refractivity contribution in [2.75, 3.05) is 24.7 Å². The Bertz CT molecular complexity index is 261. The molecule has 0 aromatic carbocycles. The fourth-order valence-electron chi connectivity index (χ4n) is 1.17. The fraction of sp³-hybridized carbons (Fsp3) is 0.833. The zero-order chi connectivity index (χ0) is 13.1. The highest BCUT2D eigenvalue weighted by molar-refractivity contribution is 7.99. The van der Waals surface area contributed by atoms with E-state index in [1.165, 1.54) is 0 Å². The van der Waals surface area contributed by atoms with Gasteiger partial charge in [-0.05, 0) is 38.2 Å². The average Bonchev–Trinajstić information content (AvgIpc) is 2.21. The highest BCUT2D eigenvalue weighted by Crippen LogP contribution is 2.12. The van der Waals surface area contributed by atoms with Gasteiger partial charge in [-0.15, -0.1) is 0 Å². The van der Waals surface area contributed by atoms with Crippen LogP contribution in [0.15, 0.2) is 0 Å². The van der Waals surface area contributed by atoms with E-state index in [-0.39, 0.29) is 12.0 Å². The molecule has 17 heavy (non-hydrogen) atoms. The van der Waals surface area contributed by atoms with Crippen molar-refractivity contribution in [2.45, 2.75) is 38.7 Å². The van der Waals surface area contributed by atoms with E-state index in [4.69, 9.17) is 16.4 Å². The van der Waals surface area contributed by atoms with Gasteiger partial charge in [0, 0.05) is 13.0 Å². The van der Waals surface area contributed by atoms with Crippen molar-refractivity contribution in [3.05, 3.63) is 11.4 Å². The Morgan fingerprint density at radius 3 is 2.65 bits per heavy atom. The molecule has 0 saturated heterocycles. The summed E-state index contributed by atoms with van der Waals surface area (Å²) in [7, 11) is 0. The average molecular weight is 259 g/mol. The van der Waals surface area contributed by atoms with E-state index < -0.39 is 5.97 Å². The second-order valence-electron chi connectivity index (χ2n) is 4.39. The van der Waals surface area contributed by atoms with Crippen molar-refractivity contribution in [3.8, 4) is 0 Å². The first-order valence-corrected chi connectivity index (χ1v) is 6.90. The number of hydrogen-bond acceptors (Lipinski definition) is 3. The Morgan fingerprint density at radius 1 is 1.41 bits per heavy atom. The second kappa shape index (κ2) is 9.32. The number of thioether (sulfide) groups is 1. The van der Waals surface area contributed by atoms with Gasteiger partial charge in [0.2, 0.25) is 6.54 Å². The molecule has 5 heteroatoms. The molecule has 98 valence electrons. The zero-order valence-corrected chi connectivity index (χ0v) is 11.4. The zero-order valence-electron chi connectivity index (χ0n) is 10.6. The van der Waals surface area contributed by atoms with Gasteiger partial charge in [-0.25, -0.2) is 6.57 Å². The van der Waals surface area contributed by atoms with Gasteiger partial charge in [-0.1, -0.05) is 0 Å². The van der Waals surface area contributed by atoms with Crippen molar-refractivity contribution in [1.82, 2.24) is 0 Å². The highest BCUT2D eigenvalue weighted by atomic mass is 32.2. The van der Waals surface area contributed by atoms with Crippen molar-refractivity contribution >= 4 is 17.7 Å². The van der Waals surface area contributed by atoms with Crippen LogP contribution >= 0.6 is 11.8 Å². The molecule has 0 saturated carbocycles. The summed E-state index contributed by atoms with van der Waals surface area (Å²) in [5, 5.41) is 8.44. The van der Waals surface area contributed by atoms with Crippen molar-refractivity contribution in [2.24, 2.45) is 0 Å². The molecule has 0 heterocycles. The second-order valence-corrected chi connectivity index (χ2v) is 5.61. The third kappa shape index (κ3) is 11.5. The molecular weight excluding hydrogens is 238 g/mol. The van der Waals surface area contributed by atoms with Crippen LogP contribution in [0.1, 0.15) is 33.1 Å². The summed E-state index contributed by atoms with van der Waals surface area (Å²) >= 11 is 1.76. The first-order valence-electron chi connectivity index (χ1n) is 5.74. The molecule has 0 radical (unpaired) electrons. The lowest BCUT2D eigenvalue weighted by molar-refractivity contribution is -0.137. The molecule has 0 atom stereocenters. The number of carbonyl (C=O) groups is 1. The third-order valence-corrected chi connectivity index (χ3v) is 3.22. The van der Waals surface area contributed by atoms with Crippen LogP contribution in [0.25, 0.3) is 4.85 Å². The molecule has 0 bridgehead atoms. The van der Waals surface area contributed by atoms with Gasteiger partial charge in [-0.2, -0.15) is 11.8 Å². The third-order valence-electron chi connectivity index (χ3n) is 2.06. The Morgan fingerprint density at radius 2 is 2.06 bits per heavy atom. The standard InChI is InChI=1S/C12H21NO3S/c1-12(2,10-13-3)16-7-5-9-17-8-4-6-11(14)15/h4-10H2,1-2H3,(H,14,15). The molecule has 1 N–H and O–H groups in total. The summed E-state index contributed by atoms with van der Waals surface area (Å²) in [5.74, 6) is 1.14. The minimum absolute atomic E-state index is 0.252. The molecule has 0 aliphatic carbocycles. The molecule has 0 amide bonds. The number of rotatable bonds is 10. The van der Waals surface area contributed by atoms with E-state index in [1.807, 2.05) is 13.8 Å². The molecule has 4 nitrogen and oxygen atoms in total. The number of nitrogens with zero attached hydrogens (tertiary/aromatic N) is 1. The topological polar surface area (TPSA) is 50.9 Å². The van der Waals surface area contributed by atoms with E-state index in [0.29, 0.717) is 13.2 Å². The van der Waals surface area contributed by atoms with Crippen LogP contribution in [-0.2, 0) is 9.53 Å². The molecule has 0 rings (SSSR count). The molecule has 0 unspecified atom stereocenters. The number of carboxylic acid groups (broad SMARTS) is 1. The molecule has 0 aliphatic heterocycles. The molecular formula is C12H21NO3S. The number of aliphatic carboxylic acids is 1. The van der Waals surface area contributed by atoms with E-state index in [1.54, 1.807) is 11.8 Å². The quantitative estimate of drug-likeness (QED) is 0.484. The number of carboxylic acids is 1. The summed E-state index contributed by atoms with van der Waals surface area (Å²) in [4.78, 5) is 13.6. The van der Waals surface area contributed by atoms with E-state index in [9.17, 15) is 4.79 Å². The van der Waals surface area contributed by atoms with E-state index in [2.05, 4.69) is 4.85 Å². The maximum atomic E-state index is 10.3. The molecule has 0 aromatic heterocycles. The fourth-order valence-corrected chi connectivity index (χ4v) is 2.05. The number of hydrogen-bond donors (Lipinski definition) is 1. The minimum Gasteiger partial charge on any atom is -0.481 e. The Labute approximate surface area is 108 Å². The summed E-state index contributed by atoms with van der Waals surface area (Å²) in [6.07, 6.45) is 1.92. The molecule has 0 fully saturated rings. The summed E-state index contributed by atoms with van der Waals surface area (Å²) < 4.78 is 5.59. The predicted molar refractivity (Wildman–Crippen MR) is 70.3 cm³/mol. The lowest BCUT2D eigenvalue weighted by atomic mass is 10.1. The Hall–Kier alpha value is -0.730. The van der Waals surface area contributed by atoms with E-state index in [0.717, 1.165) is 24.3 Å². The first-order chi connectivity index (χ1) is 7.98. The van der Waals surface area contributed by atoms with Crippen LogP contribution < -0.4 is 0 Å². The van der Waals surface area contributed by atoms with Crippen molar-refractivity contribution in [3.63, 3.8) is 0 Å². The first kappa shape index (κ1) is 16.3. The summed E-state index contributed by atoms with van der Waals surface area (Å²) in [5.41, 5.74) is -0.351. The van der Waals surface area contributed by atoms with Gasteiger partial charge in [0.15, 0.2) is 0 Å². The normalized spacial score (nSPS) is 11.1. The predicted octanol–water partition coefficient (Wildman–Crippen LogP) is 2.69. The van der Waals surface area contributed by atoms with Crippen LogP contribution in [-0.4, -0.2) is 41.3 Å². The van der Waals surface area contributed by atoms with Crippen molar-refractivity contribution in [1.29, 1.82) is 0 Å². The van der Waals surface area contributed by atoms with Gasteiger partial charge in [0.1, 0.15) is 5.60 Å². The van der Waals surface area contributed by atoms with Crippen LogP contribution in [0, 0.1) is 6.57 Å². The summed E-state index contributed by atoms with van der Waals surface area (Å²) in [6.45, 7) is 11.7. The Balaban J connectivity index is 3.30. The SMILES string of the molecule is [C-]#[N+]CC(C)(C)OCCCSCCCC(=O)O. The van der Waals surface area contributed by atoms with Gasteiger partial charge in [0.05, 0.1) is 0 Å². The minimum atomic E-state index is -0.727. The number of ether oxygens (including phenoxy) is 1. The maximum absolute atomic E-state index is 10.3. The largest absolute Gasteiger partial charge is 0.481 e. The van der Waals surface area contributed by atoms with Crippen LogP contribution in [0.4, 0.5) is 0 Å². The lowest BCUT2D eigenvalue weighted by Crippen LogP contribution is -2.28. The van der Waals surface area contributed by atoms with Gasteiger partial charge >= 0.3 is 5.97 Å². The highest BCUT2D eigenvalue weighted by Gasteiger charge is 2.21. The van der Waals surface area contributed by atoms with Gasteiger partial charge in [0.25, 0.3) is 0 Å². The monoisotopic (exact) mass is 259 g/mol. The van der Waals surface area contributed by atoms with Crippen LogP contribution in [0.3, 0.4) is 0 Å². The lowest BCUT2D eigenvalue weighted by Gasteiger charge is -2.18. The summed E-state index contributed by atoms with van der Waals surface area (Å²) in [6, 6.07) is 0. The molecule has 0 spiro atoms. The Kier molecular flexibility index (Phi) is 8.92. The van der Waals surface area contributed by atoms with Crippen molar-refractivity contribution < 1.29 is 14.6 Å². The molecule has 0 aliphatic rings. The van der Waals surface area contributed by atoms with Crippen LogP contribution in [0.5, 0.6) is 0 Å². The molecule has 0 aromatic rings.